The van der Waals surface area contributed by atoms with Crippen molar-refractivity contribution in [2.45, 2.75) is 44.9 Å². The molecule has 1 heterocycles. The summed E-state index contributed by atoms with van der Waals surface area (Å²) >= 11 is 0. The van der Waals surface area contributed by atoms with Crippen molar-refractivity contribution in [3.8, 4) is 0 Å². The van der Waals surface area contributed by atoms with Gasteiger partial charge in [-0.3, -0.25) is 9.69 Å². The van der Waals surface area contributed by atoms with Gasteiger partial charge in [0.2, 0.25) is 0 Å². The first-order chi connectivity index (χ1) is 9.69. The molecule has 2 rings (SSSR count). The maximum absolute atomic E-state index is 10.9. The Kier molecular flexibility index (Phi) is 5.56. The predicted octanol–water partition coefficient (Wildman–Crippen LogP) is 2.66. The van der Waals surface area contributed by atoms with Crippen LogP contribution in [-0.2, 0) is 22.7 Å². The van der Waals surface area contributed by atoms with Crippen molar-refractivity contribution in [3.63, 3.8) is 0 Å². The minimum Gasteiger partial charge on any atom is -0.481 e. The molecule has 1 aromatic rings. The van der Waals surface area contributed by atoms with Crippen LogP contribution in [0.15, 0.2) is 24.3 Å². The quantitative estimate of drug-likeness (QED) is 0.868. The summed E-state index contributed by atoms with van der Waals surface area (Å²) in [6, 6.07) is 8.56. The molecule has 0 radical (unpaired) electrons. The Bertz CT molecular complexity index is 430. The van der Waals surface area contributed by atoms with E-state index in [1.807, 2.05) is 0 Å². The summed E-state index contributed by atoms with van der Waals surface area (Å²) in [5.41, 5.74) is 2.40. The minimum atomic E-state index is -0.697. The second-order valence-electron chi connectivity index (χ2n) is 5.47. The Hall–Kier alpha value is -1.39. The van der Waals surface area contributed by atoms with Gasteiger partial charge in [0.15, 0.2) is 0 Å². The molecular weight excluding hydrogens is 254 g/mol. The van der Waals surface area contributed by atoms with Gasteiger partial charge in [0.1, 0.15) is 0 Å². The van der Waals surface area contributed by atoms with Crippen LogP contribution in [0.1, 0.15) is 36.8 Å². The Morgan fingerprint density at radius 2 is 2.00 bits per heavy atom. The van der Waals surface area contributed by atoms with Crippen LogP contribution < -0.4 is 0 Å². The summed E-state index contributed by atoms with van der Waals surface area (Å²) in [6.07, 6.45) is 3.55. The van der Waals surface area contributed by atoms with Crippen molar-refractivity contribution in [3.05, 3.63) is 35.4 Å². The van der Waals surface area contributed by atoms with Gasteiger partial charge in [-0.25, -0.2) is 0 Å². The number of benzene rings is 1. The summed E-state index contributed by atoms with van der Waals surface area (Å²) in [5, 5.41) is 9.00. The monoisotopic (exact) mass is 277 g/mol. The Labute approximate surface area is 120 Å². The number of carboxylic acids is 1. The lowest BCUT2D eigenvalue weighted by Crippen LogP contribution is -2.40. The third-order valence-corrected chi connectivity index (χ3v) is 3.88. The second kappa shape index (κ2) is 7.41. The topological polar surface area (TPSA) is 49.8 Å². The molecular formula is C16H23NO3. The van der Waals surface area contributed by atoms with Crippen molar-refractivity contribution < 1.29 is 14.6 Å². The molecule has 4 nitrogen and oxygen atoms in total. The number of carboxylic acid groups (broad SMARTS) is 1. The van der Waals surface area contributed by atoms with Gasteiger partial charge in [0, 0.05) is 19.7 Å². The molecule has 0 amide bonds. The molecule has 1 unspecified atom stereocenters. The first kappa shape index (κ1) is 15.0. The number of hydrogen-bond acceptors (Lipinski definition) is 3. The van der Waals surface area contributed by atoms with Gasteiger partial charge in [-0.05, 0) is 30.5 Å². The lowest BCUT2D eigenvalue weighted by Gasteiger charge is -2.35. The van der Waals surface area contributed by atoms with Crippen molar-refractivity contribution in [2.75, 3.05) is 13.7 Å². The van der Waals surface area contributed by atoms with E-state index in [1.54, 1.807) is 7.11 Å². The Morgan fingerprint density at radius 3 is 2.65 bits per heavy atom. The average molecular weight is 277 g/mol. The first-order valence-electron chi connectivity index (χ1n) is 7.21. The fraction of sp³-hybridized carbons (Fsp3) is 0.562. The number of methoxy groups -OCH3 is 1. The van der Waals surface area contributed by atoms with Crippen molar-refractivity contribution in [1.29, 1.82) is 0 Å². The second-order valence-corrected chi connectivity index (χ2v) is 5.47. The zero-order valence-corrected chi connectivity index (χ0v) is 12.0. The van der Waals surface area contributed by atoms with Gasteiger partial charge < -0.3 is 9.84 Å². The van der Waals surface area contributed by atoms with E-state index < -0.39 is 5.97 Å². The van der Waals surface area contributed by atoms with Crippen molar-refractivity contribution >= 4 is 5.97 Å². The highest BCUT2D eigenvalue weighted by Crippen LogP contribution is 2.22. The van der Waals surface area contributed by atoms with Crippen LogP contribution in [0.25, 0.3) is 0 Å². The molecule has 0 spiro atoms. The van der Waals surface area contributed by atoms with E-state index in [-0.39, 0.29) is 12.5 Å². The van der Waals surface area contributed by atoms with Crippen LogP contribution >= 0.6 is 0 Å². The number of carbonyl (C=O) groups is 1. The number of aliphatic carboxylic acids is 1. The zero-order valence-electron chi connectivity index (χ0n) is 12.0. The number of nitrogens with zero attached hydrogens (tertiary/aromatic N) is 1. The van der Waals surface area contributed by atoms with E-state index in [9.17, 15) is 4.79 Å². The van der Waals surface area contributed by atoms with E-state index in [0.29, 0.717) is 6.61 Å². The van der Waals surface area contributed by atoms with Gasteiger partial charge in [0.05, 0.1) is 13.0 Å². The first-order valence-corrected chi connectivity index (χ1v) is 7.21. The smallest absolute Gasteiger partial charge is 0.304 e. The Morgan fingerprint density at radius 1 is 1.30 bits per heavy atom. The zero-order chi connectivity index (χ0) is 14.4. The number of piperidine rings is 1. The third kappa shape index (κ3) is 4.32. The lowest BCUT2D eigenvalue weighted by atomic mass is 9.98. The maximum Gasteiger partial charge on any atom is 0.304 e. The highest BCUT2D eigenvalue weighted by atomic mass is 16.5. The molecule has 1 atom stereocenters. The summed E-state index contributed by atoms with van der Waals surface area (Å²) in [4.78, 5) is 13.3. The van der Waals surface area contributed by atoms with Gasteiger partial charge in [-0.2, -0.15) is 0 Å². The molecule has 1 aliphatic rings. The number of ether oxygens (including phenoxy) is 1. The Balaban J connectivity index is 1.97. The van der Waals surface area contributed by atoms with Crippen LogP contribution in [0.3, 0.4) is 0 Å². The van der Waals surface area contributed by atoms with E-state index in [4.69, 9.17) is 9.84 Å². The largest absolute Gasteiger partial charge is 0.481 e. The van der Waals surface area contributed by atoms with Crippen LogP contribution in [0, 0.1) is 0 Å². The van der Waals surface area contributed by atoms with E-state index in [2.05, 4.69) is 29.2 Å². The third-order valence-electron chi connectivity index (χ3n) is 3.88. The molecule has 1 saturated heterocycles. The standard InChI is InChI=1S/C16H23NO3/c1-20-12-14-7-5-13(6-8-14)11-17-9-3-2-4-15(17)10-16(18)19/h5-8,15H,2-4,9-12H2,1H3,(H,18,19). The fourth-order valence-electron chi connectivity index (χ4n) is 2.84. The van der Waals surface area contributed by atoms with Gasteiger partial charge >= 0.3 is 5.97 Å². The molecule has 0 aliphatic carbocycles. The maximum atomic E-state index is 10.9. The van der Waals surface area contributed by atoms with Gasteiger partial charge in [-0.15, -0.1) is 0 Å². The van der Waals surface area contributed by atoms with Crippen LogP contribution in [0.4, 0.5) is 0 Å². The van der Waals surface area contributed by atoms with Crippen LogP contribution in [-0.4, -0.2) is 35.7 Å². The summed E-state index contributed by atoms with van der Waals surface area (Å²) in [7, 11) is 1.69. The average Bonchev–Trinajstić information content (AvgIpc) is 2.43. The highest BCUT2D eigenvalue weighted by molar-refractivity contribution is 5.67. The molecule has 1 aliphatic heterocycles. The van der Waals surface area contributed by atoms with E-state index >= 15 is 0 Å². The molecule has 0 bridgehead atoms. The van der Waals surface area contributed by atoms with Crippen molar-refractivity contribution in [2.24, 2.45) is 0 Å². The van der Waals surface area contributed by atoms with Crippen molar-refractivity contribution in [1.82, 2.24) is 4.90 Å². The lowest BCUT2D eigenvalue weighted by molar-refractivity contribution is -0.138. The molecule has 0 saturated carbocycles. The van der Waals surface area contributed by atoms with Gasteiger partial charge in [-0.1, -0.05) is 30.7 Å². The van der Waals surface area contributed by atoms with Crippen LogP contribution in [0.5, 0.6) is 0 Å². The normalized spacial score (nSPS) is 19.9. The predicted molar refractivity (Wildman–Crippen MR) is 77.5 cm³/mol. The molecule has 1 aromatic carbocycles. The SMILES string of the molecule is COCc1ccc(CN2CCCCC2CC(=O)O)cc1. The number of hydrogen-bond donors (Lipinski definition) is 1. The molecule has 4 heteroatoms. The summed E-state index contributed by atoms with van der Waals surface area (Å²) < 4.78 is 5.10. The number of rotatable bonds is 6. The minimum absolute atomic E-state index is 0.180. The fourth-order valence-corrected chi connectivity index (χ4v) is 2.84. The van der Waals surface area contributed by atoms with E-state index in [1.165, 1.54) is 5.56 Å². The molecule has 20 heavy (non-hydrogen) atoms. The van der Waals surface area contributed by atoms with Crippen LogP contribution in [0.2, 0.25) is 0 Å². The molecule has 110 valence electrons. The van der Waals surface area contributed by atoms with Gasteiger partial charge in [0.25, 0.3) is 0 Å². The molecule has 1 N–H and O–H groups in total. The number of likely N-dealkylation sites (tertiary alicyclic amines) is 1. The summed E-state index contributed by atoms with van der Waals surface area (Å²) in [6.45, 7) is 2.47. The van der Waals surface area contributed by atoms with E-state index in [0.717, 1.165) is 37.9 Å². The summed E-state index contributed by atoms with van der Waals surface area (Å²) in [5.74, 6) is -0.697. The highest BCUT2D eigenvalue weighted by Gasteiger charge is 2.24. The molecule has 1 fully saturated rings. The molecule has 0 aromatic heterocycles.